The highest BCUT2D eigenvalue weighted by atomic mass is 16.4. The number of carboxylic acid groups (broad SMARTS) is 1. The van der Waals surface area contributed by atoms with Crippen LogP contribution in [0.1, 0.15) is 16.5 Å². The number of aromatic carboxylic acids is 1. The van der Waals surface area contributed by atoms with Gasteiger partial charge in [0.25, 0.3) is 0 Å². The second-order valence-electron chi connectivity index (χ2n) is 5.52. The lowest BCUT2D eigenvalue weighted by Crippen LogP contribution is -2.58. The summed E-state index contributed by atoms with van der Waals surface area (Å²) in [6.45, 7) is 4.40. The van der Waals surface area contributed by atoms with E-state index in [4.69, 9.17) is 5.11 Å². The maximum absolute atomic E-state index is 12.3. The predicted octanol–water partition coefficient (Wildman–Crippen LogP) is -0.800. The van der Waals surface area contributed by atoms with E-state index in [1.165, 1.54) is 10.9 Å². The number of nitrogens with zero attached hydrogens (tertiary/aromatic N) is 6. The molecule has 2 saturated heterocycles. The van der Waals surface area contributed by atoms with Crippen LogP contribution in [0.2, 0.25) is 0 Å². The van der Waals surface area contributed by atoms with Crippen molar-refractivity contribution in [1.82, 2.24) is 29.7 Å². The second-order valence-corrected chi connectivity index (χ2v) is 5.52. The normalized spacial score (nSPS) is 20.4. The van der Waals surface area contributed by atoms with Gasteiger partial charge in [0.15, 0.2) is 5.69 Å². The second kappa shape index (κ2) is 5.32. The van der Waals surface area contributed by atoms with Crippen LogP contribution in [0.15, 0.2) is 6.20 Å². The van der Waals surface area contributed by atoms with Crippen LogP contribution in [-0.4, -0.2) is 93.1 Å². The Hall–Kier alpha value is -2.16. The molecule has 0 aliphatic carbocycles. The molecule has 114 valence electrons. The fourth-order valence-electron chi connectivity index (χ4n) is 2.53. The highest BCUT2D eigenvalue weighted by molar-refractivity contribution is 5.84. The van der Waals surface area contributed by atoms with Gasteiger partial charge in [-0.15, -0.1) is 5.10 Å². The number of carboxylic acids is 1. The molecule has 3 heterocycles. The third-order valence-electron chi connectivity index (χ3n) is 4.01. The molecule has 0 bridgehead atoms. The van der Waals surface area contributed by atoms with Crippen LogP contribution in [0.4, 0.5) is 4.79 Å². The summed E-state index contributed by atoms with van der Waals surface area (Å²) in [6, 6.07) is 0.0694. The van der Waals surface area contributed by atoms with Crippen molar-refractivity contribution in [3.05, 3.63) is 11.9 Å². The minimum atomic E-state index is -1.09. The Morgan fingerprint density at radius 3 is 2.43 bits per heavy atom. The van der Waals surface area contributed by atoms with E-state index < -0.39 is 5.97 Å². The lowest BCUT2D eigenvalue weighted by atomic mass is 10.1. The summed E-state index contributed by atoms with van der Waals surface area (Å²) in [5.41, 5.74) is -0.0705. The standard InChI is InChI=1S/C12H18N6O3/c1-15-2-4-16(5-3-15)12(21)17-6-9(7-17)18-8-10(11(19)20)13-14-18/h8-9H,2-7H2,1H3,(H,19,20). The molecule has 2 fully saturated rings. The summed E-state index contributed by atoms with van der Waals surface area (Å²) in [4.78, 5) is 28.9. The van der Waals surface area contributed by atoms with Gasteiger partial charge in [0.1, 0.15) is 0 Å². The number of hydrogen-bond acceptors (Lipinski definition) is 5. The van der Waals surface area contributed by atoms with Gasteiger partial charge in [-0.25, -0.2) is 14.3 Å². The SMILES string of the molecule is CN1CCN(C(=O)N2CC(n3cc(C(=O)O)nn3)C2)CC1. The molecule has 0 saturated carbocycles. The Kier molecular flexibility index (Phi) is 3.50. The first-order chi connectivity index (χ1) is 10.0. The van der Waals surface area contributed by atoms with Crippen LogP contribution in [0.3, 0.4) is 0 Å². The molecule has 2 amide bonds. The molecule has 21 heavy (non-hydrogen) atoms. The van der Waals surface area contributed by atoms with Crippen LogP contribution in [-0.2, 0) is 0 Å². The summed E-state index contributed by atoms with van der Waals surface area (Å²) in [5, 5.41) is 16.2. The van der Waals surface area contributed by atoms with Crippen molar-refractivity contribution in [2.24, 2.45) is 0 Å². The molecule has 1 aromatic heterocycles. The first-order valence-electron chi connectivity index (χ1n) is 6.92. The van der Waals surface area contributed by atoms with Crippen molar-refractivity contribution in [1.29, 1.82) is 0 Å². The van der Waals surface area contributed by atoms with E-state index in [0.29, 0.717) is 13.1 Å². The van der Waals surface area contributed by atoms with E-state index in [0.717, 1.165) is 26.2 Å². The van der Waals surface area contributed by atoms with Crippen molar-refractivity contribution < 1.29 is 14.7 Å². The number of rotatable bonds is 2. The first kappa shape index (κ1) is 13.8. The zero-order valence-corrected chi connectivity index (χ0v) is 11.8. The lowest BCUT2D eigenvalue weighted by molar-refractivity contribution is 0.0687. The van der Waals surface area contributed by atoms with Gasteiger partial charge in [-0.1, -0.05) is 5.21 Å². The molecule has 0 spiro atoms. The van der Waals surface area contributed by atoms with Gasteiger partial charge in [0.2, 0.25) is 0 Å². The molecule has 3 rings (SSSR count). The number of amides is 2. The number of carbonyl (C=O) groups is 2. The van der Waals surface area contributed by atoms with E-state index >= 15 is 0 Å². The number of likely N-dealkylation sites (tertiary alicyclic amines) is 1. The Morgan fingerprint density at radius 2 is 1.86 bits per heavy atom. The van der Waals surface area contributed by atoms with E-state index in [-0.39, 0.29) is 17.8 Å². The molecular formula is C12H18N6O3. The van der Waals surface area contributed by atoms with E-state index in [9.17, 15) is 9.59 Å². The fraction of sp³-hybridized carbons (Fsp3) is 0.667. The van der Waals surface area contributed by atoms with Crippen molar-refractivity contribution in [2.45, 2.75) is 6.04 Å². The van der Waals surface area contributed by atoms with E-state index in [1.54, 1.807) is 4.90 Å². The summed E-state index contributed by atoms with van der Waals surface area (Å²) < 4.78 is 1.53. The third kappa shape index (κ3) is 2.68. The molecule has 1 N–H and O–H groups in total. The van der Waals surface area contributed by atoms with E-state index in [1.807, 2.05) is 11.9 Å². The highest BCUT2D eigenvalue weighted by Gasteiger charge is 2.36. The summed E-state index contributed by atoms with van der Waals surface area (Å²) >= 11 is 0. The molecule has 1 aromatic rings. The first-order valence-corrected chi connectivity index (χ1v) is 6.92. The minimum absolute atomic E-state index is 0.0158. The Morgan fingerprint density at radius 1 is 1.19 bits per heavy atom. The summed E-state index contributed by atoms with van der Waals surface area (Å²) in [5.74, 6) is -1.09. The molecule has 0 atom stereocenters. The maximum atomic E-state index is 12.3. The van der Waals surface area contributed by atoms with Crippen molar-refractivity contribution >= 4 is 12.0 Å². The molecule has 9 nitrogen and oxygen atoms in total. The van der Waals surface area contributed by atoms with Gasteiger partial charge in [0.05, 0.1) is 12.2 Å². The summed E-state index contributed by atoms with van der Waals surface area (Å²) in [7, 11) is 2.05. The summed E-state index contributed by atoms with van der Waals surface area (Å²) in [6.07, 6.45) is 1.41. The number of likely N-dealkylation sites (N-methyl/N-ethyl adjacent to an activating group) is 1. The van der Waals surface area contributed by atoms with Gasteiger partial charge in [-0.2, -0.15) is 0 Å². The Balaban J connectivity index is 1.53. The molecule has 2 aliphatic rings. The monoisotopic (exact) mass is 294 g/mol. The fourth-order valence-corrected chi connectivity index (χ4v) is 2.53. The average Bonchev–Trinajstić information content (AvgIpc) is 2.87. The Bertz CT molecular complexity index is 545. The number of carbonyl (C=O) groups excluding carboxylic acids is 1. The number of piperazine rings is 1. The predicted molar refractivity (Wildman–Crippen MR) is 72.1 cm³/mol. The highest BCUT2D eigenvalue weighted by Crippen LogP contribution is 2.22. The van der Waals surface area contributed by atoms with Crippen molar-refractivity contribution in [3.8, 4) is 0 Å². The van der Waals surface area contributed by atoms with Gasteiger partial charge >= 0.3 is 12.0 Å². The molecule has 2 aliphatic heterocycles. The minimum Gasteiger partial charge on any atom is -0.476 e. The quantitative estimate of drug-likeness (QED) is 0.767. The van der Waals surface area contributed by atoms with Gasteiger partial charge in [-0.3, -0.25) is 0 Å². The number of aromatic nitrogens is 3. The zero-order valence-electron chi connectivity index (χ0n) is 11.8. The van der Waals surface area contributed by atoms with Gasteiger partial charge < -0.3 is 19.8 Å². The smallest absolute Gasteiger partial charge is 0.358 e. The molecule has 9 heteroatoms. The van der Waals surface area contributed by atoms with Crippen LogP contribution < -0.4 is 0 Å². The third-order valence-corrected chi connectivity index (χ3v) is 4.01. The molecule has 0 aromatic carbocycles. The molecule has 0 radical (unpaired) electrons. The van der Waals surface area contributed by atoms with Crippen LogP contribution >= 0.6 is 0 Å². The topological polar surface area (TPSA) is 94.8 Å². The lowest BCUT2D eigenvalue weighted by Gasteiger charge is -2.43. The van der Waals surface area contributed by atoms with Crippen molar-refractivity contribution in [3.63, 3.8) is 0 Å². The van der Waals surface area contributed by atoms with Gasteiger partial charge in [0, 0.05) is 39.3 Å². The Labute approximate surface area is 121 Å². The van der Waals surface area contributed by atoms with Gasteiger partial charge in [-0.05, 0) is 7.05 Å². The van der Waals surface area contributed by atoms with Crippen LogP contribution in [0.25, 0.3) is 0 Å². The van der Waals surface area contributed by atoms with E-state index in [2.05, 4.69) is 15.2 Å². The van der Waals surface area contributed by atoms with Crippen LogP contribution in [0.5, 0.6) is 0 Å². The largest absolute Gasteiger partial charge is 0.476 e. The number of urea groups is 1. The van der Waals surface area contributed by atoms with Crippen LogP contribution in [0, 0.1) is 0 Å². The number of hydrogen-bond donors (Lipinski definition) is 1. The zero-order chi connectivity index (χ0) is 15.0. The van der Waals surface area contributed by atoms with Crippen molar-refractivity contribution in [2.75, 3.05) is 46.3 Å². The molecule has 0 unspecified atom stereocenters. The average molecular weight is 294 g/mol. The maximum Gasteiger partial charge on any atom is 0.358 e. The molecular weight excluding hydrogens is 276 g/mol.